The first-order valence-corrected chi connectivity index (χ1v) is 5.90. The third kappa shape index (κ3) is 2.44. The zero-order valence-corrected chi connectivity index (χ0v) is 9.93. The molecule has 2 aliphatic carbocycles. The molecule has 2 aliphatic rings. The van der Waals surface area contributed by atoms with Crippen molar-refractivity contribution >= 4 is 6.09 Å². The molecular weight excluding hydrogens is 190 g/mol. The standard InChI is InChI=1S/C12H21NO2/c1-11(2,3)15-10(14)13-12-6-4-9(8-12)5-7-12/h9H,4-8H2,1-3H3,(H,13,14). The molecule has 0 atom stereocenters. The molecule has 15 heavy (non-hydrogen) atoms. The topological polar surface area (TPSA) is 38.3 Å². The number of ether oxygens (including phenoxy) is 1. The number of carbonyl (C=O) groups excluding carboxylic acids is 1. The summed E-state index contributed by atoms with van der Waals surface area (Å²) in [4.78, 5) is 11.7. The van der Waals surface area contributed by atoms with Gasteiger partial charge in [-0.1, -0.05) is 0 Å². The summed E-state index contributed by atoms with van der Waals surface area (Å²) in [7, 11) is 0. The fraction of sp³-hybridized carbons (Fsp3) is 0.917. The highest BCUT2D eigenvalue weighted by molar-refractivity contribution is 5.69. The Morgan fingerprint density at radius 1 is 1.33 bits per heavy atom. The van der Waals surface area contributed by atoms with E-state index in [2.05, 4.69) is 5.32 Å². The highest BCUT2D eigenvalue weighted by Crippen LogP contribution is 2.47. The summed E-state index contributed by atoms with van der Waals surface area (Å²) in [5.74, 6) is 0.847. The molecule has 0 spiro atoms. The van der Waals surface area contributed by atoms with E-state index in [1.54, 1.807) is 0 Å². The van der Waals surface area contributed by atoms with Crippen molar-refractivity contribution in [2.45, 2.75) is 64.0 Å². The van der Waals surface area contributed by atoms with E-state index in [1.165, 1.54) is 12.8 Å². The molecule has 1 amide bonds. The van der Waals surface area contributed by atoms with Crippen molar-refractivity contribution in [3.05, 3.63) is 0 Å². The van der Waals surface area contributed by atoms with E-state index < -0.39 is 5.60 Å². The number of fused-ring (bicyclic) bond motifs is 2. The van der Waals surface area contributed by atoms with E-state index in [9.17, 15) is 4.79 Å². The zero-order valence-electron chi connectivity index (χ0n) is 9.93. The number of amides is 1. The Bertz CT molecular complexity index is 259. The lowest BCUT2D eigenvalue weighted by molar-refractivity contribution is 0.0458. The van der Waals surface area contributed by atoms with E-state index >= 15 is 0 Å². The van der Waals surface area contributed by atoms with Gasteiger partial charge in [0.05, 0.1) is 0 Å². The van der Waals surface area contributed by atoms with E-state index in [4.69, 9.17) is 4.74 Å². The van der Waals surface area contributed by atoms with Crippen LogP contribution in [0.4, 0.5) is 4.79 Å². The Morgan fingerprint density at radius 3 is 2.33 bits per heavy atom. The average Bonchev–Trinajstić information content (AvgIpc) is 2.58. The molecule has 0 radical (unpaired) electrons. The van der Waals surface area contributed by atoms with Crippen LogP contribution in [0.25, 0.3) is 0 Å². The predicted octanol–water partition coefficient (Wildman–Crippen LogP) is 2.84. The van der Waals surface area contributed by atoms with Gasteiger partial charge in [-0.25, -0.2) is 4.79 Å². The lowest BCUT2D eigenvalue weighted by Crippen LogP contribution is -2.47. The number of rotatable bonds is 1. The first-order valence-electron chi connectivity index (χ1n) is 5.90. The van der Waals surface area contributed by atoms with Crippen molar-refractivity contribution in [2.24, 2.45) is 5.92 Å². The van der Waals surface area contributed by atoms with Gasteiger partial charge in [-0.2, -0.15) is 0 Å². The molecule has 0 aromatic heterocycles. The molecule has 2 rings (SSSR count). The molecule has 1 N–H and O–H groups in total. The van der Waals surface area contributed by atoms with Crippen LogP contribution in [0.15, 0.2) is 0 Å². The van der Waals surface area contributed by atoms with Crippen molar-refractivity contribution in [2.75, 3.05) is 0 Å². The Balaban J connectivity index is 1.89. The van der Waals surface area contributed by atoms with Crippen LogP contribution < -0.4 is 5.32 Å². The molecule has 2 saturated carbocycles. The SMILES string of the molecule is CC(C)(C)OC(=O)NC12CCC(CC1)C2. The van der Waals surface area contributed by atoms with Gasteiger partial charge in [0.1, 0.15) is 5.60 Å². The van der Waals surface area contributed by atoms with Gasteiger partial charge in [0.25, 0.3) is 0 Å². The maximum absolute atomic E-state index is 11.7. The maximum Gasteiger partial charge on any atom is 0.408 e. The van der Waals surface area contributed by atoms with Crippen LogP contribution in [0.3, 0.4) is 0 Å². The van der Waals surface area contributed by atoms with Crippen LogP contribution in [0.2, 0.25) is 0 Å². The number of hydrogen-bond acceptors (Lipinski definition) is 2. The minimum Gasteiger partial charge on any atom is -0.444 e. The average molecular weight is 211 g/mol. The number of nitrogens with one attached hydrogen (secondary N) is 1. The van der Waals surface area contributed by atoms with Gasteiger partial charge >= 0.3 is 6.09 Å². The monoisotopic (exact) mass is 211 g/mol. The van der Waals surface area contributed by atoms with Gasteiger partial charge in [-0.05, 0) is 58.8 Å². The molecule has 2 fully saturated rings. The van der Waals surface area contributed by atoms with Crippen molar-refractivity contribution in [1.82, 2.24) is 5.32 Å². The third-order valence-electron chi connectivity index (χ3n) is 3.51. The molecular formula is C12H21NO2. The summed E-state index contributed by atoms with van der Waals surface area (Å²) in [5.41, 5.74) is -0.315. The molecule has 0 aliphatic heterocycles. The van der Waals surface area contributed by atoms with Crippen LogP contribution in [0.5, 0.6) is 0 Å². The van der Waals surface area contributed by atoms with Crippen LogP contribution in [0.1, 0.15) is 52.9 Å². The van der Waals surface area contributed by atoms with Gasteiger partial charge in [-0.15, -0.1) is 0 Å². The number of carbonyl (C=O) groups is 1. The van der Waals surface area contributed by atoms with Gasteiger partial charge in [0.15, 0.2) is 0 Å². The minimum atomic E-state index is -0.392. The summed E-state index contributed by atoms with van der Waals surface area (Å²) < 4.78 is 5.29. The minimum absolute atomic E-state index is 0.0764. The Labute approximate surface area is 91.6 Å². The predicted molar refractivity (Wildman–Crippen MR) is 58.7 cm³/mol. The van der Waals surface area contributed by atoms with Gasteiger partial charge < -0.3 is 10.1 Å². The van der Waals surface area contributed by atoms with E-state index in [1.807, 2.05) is 20.8 Å². The second-order valence-corrected chi connectivity index (χ2v) is 6.05. The third-order valence-corrected chi connectivity index (χ3v) is 3.51. The normalized spacial score (nSPS) is 34.2. The van der Waals surface area contributed by atoms with Crippen LogP contribution in [-0.2, 0) is 4.74 Å². The van der Waals surface area contributed by atoms with Crippen molar-refractivity contribution < 1.29 is 9.53 Å². The maximum atomic E-state index is 11.7. The molecule has 0 saturated heterocycles. The molecule has 0 aromatic carbocycles. The molecule has 3 heteroatoms. The summed E-state index contributed by atoms with van der Waals surface area (Å²) in [6, 6.07) is 0. The summed E-state index contributed by atoms with van der Waals surface area (Å²) in [6.45, 7) is 5.70. The second-order valence-electron chi connectivity index (χ2n) is 6.05. The fourth-order valence-corrected chi connectivity index (χ4v) is 2.89. The lowest BCUT2D eigenvalue weighted by Gasteiger charge is -2.29. The lowest BCUT2D eigenvalue weighted by atomic mass is 9.94. The Kier molecular flexibility index (Phi) is 2.44. The molecule has 0 aromatic rings. The quantitative estimate of drug-likeness (QED) is 0.724. The first-order chi connectivity index (χ1) is 6.89. The van der Waals surface area contributed by atoms with Crippen LogP contribution >= 0.6 is 0 Å². The molecule has 0 unspecified atom stereocenters. The summed E-state index contributed by atoms with van der Waals surface area (Å²) in [6.07, 6.45) is 5.73. The van der Waals surface area contributed by atoms with Gasteiger partial charge in [0, 0.05) is 5.54 Å². The molecule has 2 bridgehead atoms. The summed E-state index contributed by atoms with van der Waals surface area (Å²) in [5, 5.41) is 3.08. The largest absolute Gasteiger partial charge is 0.444 e. The highest BCUT2D eigenvalue weighted by atomic mass is 16.6. The Hall–Kier alpha value is -0.730. The van der Waals surface area contributed by atoms with E-state index in [0.29, 0.717) is 0 Å². The smallest absolute Gasteiger partial charge is 0.408 e. The second kappa shape index (κ2) is 3.39. The van der Waals surface area contributed by atoms with Gasteiger partial charge in [0.2, 0.25) is 0 Å². The highest BCUT2D eigenvalue weighted by Gasteiger charge is 2.46. The molecule has 3 nitrogen and oxygen atoms in total. The van der Waals surface area contributed by atoms with E-state index in [-0.39, 0.29) is 11.6 Å². The van der Waals surface area contributed by atoms with Crippen LogP contribution in [0, 0.1) is 5.92 Å². The van der Waals surface area contributed by atoms with Crippen molar-refractivity contribution in [3.8, 4) is 0 Å². The number of hydrogen-bond donors (Lipinski definition) is 1. The fourth-order valence-electron chi connectivity index (χ4n) is 2.89. The molecule has 86 valence electrons. The zero-order chi connectivity index (χ0) is 11.1. The number of alkyl carbamates (subject to hydrolysis) is 1. The van der Waals surface area contributed by atoms with Crippen LogP contribution in [-0.4, -0.2) is 17.2 Å². The molecule has 0 heterocycles. The summed E-state index contributed by atoms with van der Waals surface area (Å²) >= 11 is 0. The van der Waals surface area contributed by atoms with Crippen molar-refractivity contribution in [1.29, 1.82) is 0 Å². The van der Waals surface area contributed by atoms with Crippen molar-refractivity contribution in [3.63, 3.8) is 0 Å². The van der Waals surface area contributed by atoms with E-state index in [0.717, 1.165) is 25.2 Å². The first kappa shape index (κ1) is 10.8. The van der Waals surface area contributed by atoms with Gasteiger partial charge in [-0.3, -0.25) is 0 Å². The Morgan fingerprint density at radius 2 is 1.93 bits per heavy atom.